The third-order valence-electron chi connectivity index (χ3n) is 3.96. The van der Waals surface area contributed by atoms with Crippen LogP contribution < -0.4 is 10.1 Å². The van der Waals surface area contributed by atoms with Crippen molar-refractivity contribution in [1.82, 2.24) is 0 Å². The number of anilines is 1. The number of nitrogens with one attached hydrogen (secondary N) is 1. The molecule has 1 saturated heterocycles. The molecule has 1 aromatic carbocycles. The van der Waals surface area contributed by atoms with Crippen molar-refractivity contribution in [2.45, 2.75) is 57.4 Å². The quantitative estimate of drug-likeness (QED) is 0.490. The number of carbonyl (C=O) groups is 2. The van der Waals surface area contributed by atoms with Gasteiger partial charge < -0.3 is 34.8 Å². The van der Waals surface area contributed by atoms with E-state index in [2.05, 4.69) is 5.32 Å². The molecule has 1 aromatic rings. The normalized spacial score (nSPS) is 27.7. The van der Waals surface area contributed by atoms with Gasteiger partial charge in [-0.05, 0) is 30.7 Å². The molecule has 150 valence electrons. The standard InChI is InChI=1S/C18H25NO8/c1-3-4-14(21)25-9-13-15(22)16(23)17(24)18(27-13)26-12-7-5-11(6-8-12)19-10(2)20/h5-8,13,15-18,22-24H,3-4,9H2,1-2H3,(H,19,20)/t13-,15?,16+,17+,18+/m1/s1. The Morgan fingerprint density at radius 2 is 1.78 bits per heavy atom. The molecule has 0 radical (unpaired) electrons. The Labute approximate surface area is 156 Å². The SMILES string of the molecule is CCCC(=O)OC[C@H]1O[C@H](Oc2ccc(NC(C)=O)cc2)[C@@H](O)[C@@H](O)C1O. The summed E-state index contributed by atoms with van der Waals surface area (Å²) in [6, 6.07) is 6.30. The number of esters is 1. The minimum Gasteiger partial charge on any atom is -0.463 e. The molecule has 1 heterocycles. The molecular weight excluding hydrogens is 358 g/mol. The highest BCUT2D eigenvalue weighted by atomic mass is 16.7. The highest BCUT2D eigenvalue weighted by molar-refractivity contribution is 5.88. The summed E-state index contributed by atoms with van der Waals surface area (Å²) < 4.78 is 16.0. The van der Waals surface area contributed by atoms with Crippen LogP contribution in [0.4, 0.5) is 5.69 Å². The molecular formula is C18H25NO8. The van der Waals surface area contributed by atoms with Gasteiger partial charge in [-0.25, -0.2) is 0 Å². The monoisotopic (exact) mass is 383 g/mol. The van der Waals surface area contributed by atoms with Crippen molar-refractivity contribution in [3.63, 3.8) is 0 Å². The van der Waals surface area contributed by atoms with Crippen molar-refractivity contribution in [3.8, 4) is 5.75 Å². The summed E-state index contributed by atoms with van der Waals surface area (Å²) in [5.41, 5.74) is 0.566. The molecule has 1 aliphatic rings. The first kappa shape index (κ1) is 21.1. The number of carbonyl (C=O) groups excluding carboxylic acids is 2. The Balaban J connectivity index is 1.99. The molecule has 1 unspecified atom stereocenters. The second-order valence-electron chi connectivity index (χ2n) is 6.27. The third kappa shape index (κ3) is 5.90. The van der Waals surface area contributed by atoms with Gasteiger partial charge in [0.2, 0.25) is 12.2 Å². The summed E-state index contributed by atoms with van der Waals surface area (Å²) in [7, 11) is 0. The number of amides is 1. The van der Waals surface area contributed by atoms with E-state index < -0.39 is 36.7 Å². The van der Waals surface area contributed by atoms with Crippen LogP contribution in [0.25, 0.3) is 0 Å². The summed E-state index contributed by atoms with van der Waals surface area (Å²) in [6.07, 6.45) is -5.94. The topological polar surface area (TPSA) is 135 Å². The number of aliphatic hydroxyl groups excluding tert-OH is 3. The highest BCUT2D eigenvalue weighted by Crippen LogP contribution is 2.25. The first-order valence-corrected chi connectivity index (χ1v) is 8.71. The Morgan fingerprint density at radius 3 is 2.37 bits per heavy atom. The summed E-state index contributed by atoms with van der Waals surface area (Å²) in [5.74, 6) is -0.342. The second-order valence-corrected chi connectivity index (χ2v) is 6.27. The van der Waals surface area contributed by atoms with E-state index in [0.29, 0.717) is 17.9 Å². The molecule has 0 bridgehead atoms. The fourth-order valence-electron chi connectivity index (χ4n) is 2.56. The number of rotatable bonds is 7. The molecule has 9 nitrogen and oxygen atoms in total. The van der Waals surface area contributed by atoms with E-state index in [-0.39, 0.29) is 18.9 Å². The molecule has 27 heavy (non-hydrogen) atoms. The molecule has 2 rings (SSSR count). The van der Waals surface area contributed by atoms with E-state index in [1.165, 1.54) is 6.92 Å². The van der Waals surface area contributed by atoms with E-state index in [9.17, 15) is 24.9 Å². The first-order valence-electron chi connectivity index (χ1n) is 8.71. The molecule has 5 atom stereocenters. The van der Waals surface area contributed by atoms with Gasteiger partial charge in [-0.1, -0.05) is 6.92 Å². The minimum atomic E-state index is -1.53. The zero-order valence-electron chi connectivity index (χ0n) is 15.2. The Morgan fingerprint density at radius 1 is 1.11 bits per heavy atom. The van der Waals surface area contributed by atoms with Crippen LogP contribution in [0.2, 0.25) is 0 Å². The highest BCUT2D eigenvalue weighted by Gasteiger charge is 2.45. The van der Waals surface area contributed by atoms with Gasteiger partial charge in [0.05, 0.1) is 0 Å². The zero-order valence-corrected chi connectivity index (χ0v) is 15.2. The Hall–Kier alpha value is -2.20. The lowest BCUT2D eigenvalue weighted by molar-refractivity contribution is -0.278. The van der Waals surface area contributed by atoms with Crippen LogP contribution in [0.1, 0.15) is 26.7 Å². The van der Waals surface area contributed by atoms with Crippen LogP contribution in [0.3, 0.4) is 0 Å². The van der Waals surface area contributed by atoms with Gasteiger partial charge >= 0.3 is 5.97 Å². The number of aliphatic hydroxyl groups is 3. The smallest absolute Gasteiger partial charge is 0.305 e. The maximum absolute atomic E-state index is 11.5. The van der Waals surface area contributed by atoms with Crippen molar-refractivity contribution in [3.05, 3.63) is 24.3 Å². The van der Waals surface area contributed by atoms with E-state index in [0.717, 1.165) is 0 Å². The van der Waals surface area contributed by atoms with Gasteiger partial charge in [-0.3, -0.25) is 9.59 Å². The van der Waals surface area contributed by atoms with Crippen molar-refractivity contribution in [1.29, 1.82) is 0 Å². The Kier molecular flexibility index (Phi) is 7.55. The predicted molar refractivity (Wildman–Crippen MR) is 93.9 cm³/mol. The van der Waals surface area contributed by atoms with E-state index in [1.807, 2.05) is 6.92 Å². The number of ether oxygens (including phenoxy) is 3. The summed E-state index contributed by atoms with van der Waals surface area (Å²) in [4.78, 5) is 22.5. The lowest BCUT2D eigenvalue weighted by Gasteiger charge is -2.39. The molecule has 0 aliphatic carbocycles. The van der Waals surface area contributed by atoms with Gasteiger partial charge in [0.25, 0.3) is 0 Å². The largest absolute Gasteiger partial charge is 0.463 e. The van der Waals surface area contributed by atoms with Gasteiger partial charge in [0.1, 0.15) is 36.8 Å². The maximum Gasteiger partial charge on any atom is 0.305 e. The number of hydrogen-bond donors (Lipinski definition) is 4. The van der Waals surface area contributed by atoms with Crippen LogP contribution in [-0.2, 0) is 19.1 Å². The van der Waals surface area contributed by atoms with E-state index in [4.69, 9.17) is 14.2 Å². The van der Waals surface area contributed by atoms with Crippen LogP contribution in [0.5, 0.6) is 5.75 Å². The van der Waals surface area contributed by atoms with Crippen LogP contribution in [0, 0.1) is 0 Å². The zero-order chi connectivity index (χ0) is 20.0. The van der Waals surface area contributed by atoms with Crippen molar-refractivity contribution in [2.24, 2.45) is 0 Å². The summed E-state index contributed by atoms with van der Waals surface area (Å²) in [6.45, 7) is 2.94. The molecule has 1 fully saturated rings. The predicted octanol–water partition coefficient (Wildman–Crippen LogP) is 0.175. The van der Waals surface area contributed by atoms with Crippen molar-refractivity contribution < 1.29 is 39.1 Å². The lowest BCUT2D eigenvalue weighted by Crippen LogP contribution is -2.60. The molecule has 1 aliphatic heterocycles. The number of hydrogen-bond acceptors (Lipinski definition) is 8. The van der Waals surface area contributed by atoms with Crippen molar-refractivity contribution >= 4 is 17.6 Å². The van der Waals surface area contributed by atoms with Gasteiger partial charge in [-0.15, -0.1) is 0 Å². The summed E-state index contributed by atoms with van der Waals surface area (Å²) in [5, 5.41) is 32.8. The fraction of sp³-hybridized carbons (Fsp3) is 0.556. The molecule has 1 amide bonds. The minimum absolute atomic E-state index is 0.215. The first-order chi connectivity index (χ1) is 12.8. The molecule has 0 saturated carbocycles. The molecule has 0 aromatic heterocycles. The van der Waals surface area contributed by atoms with E-state index in [1.54, 1.807) is 24.3 Å². The average molecular weight is 383 g/mol. The van der Waals surface area contributed by atoms with Gasteiger partial charge in [0.15, 0.2) is 0 Å². The molecule has 0 spiro atoms. The van der Waals surface area contributed by atoms with E-state index >= 15 is 0 Å². The lowest BCUT2D eigenvalue weighted by atomic mass is 9.99. The molecule has 4 N–H and O–H groups in total. The molecule has 9 heteroatoms. The number of benzene rings is 1. The fourth-order valence-corrected chi connectivity index (χ4v) is 2.56. The maximum atomic E-state index is 11.5. The van der Waals surface area contributed by atoms with Gasteiger partial charge in [-0.2, -0.15) is 0 Å². The van der Waals surface area contributed by atoms with Crippen LogP contribution in [-0.4, -0.2) is 64.5 Å². The van der Waals surface area contributed by atoms with Crippen molar-refractivity contribution in [2.75, 3.05) is 11.9 Å². The second kappa shape index (κ2) is 9.65. The van der Waals surface area contributed by atoms with Crippen LogP contribution >= 0.6 is 0 Å². The average Bonchev–Trinajstić information content (AvgIpc) is 2.62. The third-order valence-corrected chi connectivity index (χ3v) is 3.96. The van der Waals surface area contributed by atoms with Gasteiger partial charge in [0, 0.05) is 19.0 Å². The van der Waals surface area contributed by atoms with Crippen LogP contribution in [0.15, 0.2) is 24.3 Å². The Bertz CT molecular complexity index is 635. The summed E-state index contributed by atoms with van der Waals surface area (Å²) >= 11 is 0.